The van der Waals surface area contributed by atoms with Crippen molar-refractivity contribution in [2.75, 3.05) is 0 Å². The fraction of sp³-hybridized carbons (Fsp3) is 0.833. The highest BCUT2D eigenvalue weighted by Gasteiger charge is 2.65. The fourth-order valence-corrected chi connectivity index (χ4v) is 11.4. The van der Waals surface area contributed by atoms with Gasteiger partial charge in [-0.05, 0) is 126 Å². The molecule has 4 aliphatic carbocycles. The normalized spacial score (nSPS) is 44.9. The van der Waals surface area contributed by atoms with Crippen LogP contribution in [0.3, 0.4) is 0 Å². The van der Waals surface area contributed by atoms with Crippen molar-refractivity contribution in [3.05, 3.63) is 20.8 Å². The van der Waals surface area contributed by atoms with Gasteiger partial charge in [-0.25, -0.2) is 0 Å². The first kappa shape index (κ1) is 28.1. The molecule has 4 saturated carbocycles. The molecule has 37 heavy (non-hydrogen) atoms. The van der Waals surface area contributed by atoms with Crippen LogP contribution in [0.4, 0.5) is 0 Å². The molecular weight excluding hydrogens is 550 g/mol. The molecule has 1 aromatic rings. The molecule has 0 bridgehead atoms. The number of amides is 1. The Bertz CT molecular complexity index is 987. The minimum atomic E-state index is -0.755. The molecule has 7 heteroatoms. The maximum atomic E-state index is 13.2. The van der Waals surface area contributed by atoms with Crippen LogP contribution in [0.25, 0.3) is 0 Å². The molecular formula is C30H46BrNO4S. The van der Waals surface area contributed by atoms with Crippen LogP contribution in [0.15, 0.2) is 15.9 Å². The van der Waals surface area contributed by atoms with Crippen molar-refractivity contribution < 1.29 is 20.1 Å². The Labute approximate surface area is 234 Å². The molecule has 0 spiro atoms. The second-order valence-electron chi connectivity index (χ2n) is 13.4. The first-order chi connectivity index (χ1) is 17.5. The van der Waals surface area contributed by atoms with Gasteiger partial charge in [-0.15, -0.1) is 11.3 Å². The lowest BCUT2D eigenvalue weighted by Gasteiger charge is -2.63. The van der Waals surface area contributed by atoms with Crippen LogP contribution in [0.1, 0.15) is 96.4 Å². The zero-order chi connectivity index (χ0) is 26.7. The summed E-state index contributed by atoms with van der Waals surface area (Å²) in [6.07, 6.45) is 6.29. The molecule has 0 radical (unpaired) electrons. The van der Waals surface area contributed by atoms with Crippen molar-refractivity contribution in [2.24, 2.45) is 46.3 Å². The monoisotopic (exact) mass is 595 g/mol. The van der Waals surface area contributed by atoms with Gasteiger partial charge in [0.05, 0.1) is 28.1 Å². The lowest BCUT2D eigenvalue weighted by molar-refractivity contribution is -0.223. The van der Waals surface area contributed by atoms with E-state index in [-0.39, 0.29) is 46.6 Å². The van der Waals surface area contributed by atoms with Crippen molar-refractivity contribution >= 4 is 33.2 Å². The second kappa shape index (κ2) is 10.5. The molecule has 0 aromatic carbocycles. The van der Waals surface area contributed by atoms with Gasteiger partial charge < -0.3 is 20.6 Å². The highest BCUT2D eigenvalue weighted by Crippen LogP contribution is 2.68. The zero-order valence-corrected chi connectivity index (χ0v) is 25.2. The van der Waals surface area contributed by atoms with Crippen LogP contribution in [0.2, 0.25) is 0 Å². The van der Waals surface area contributed by atoms with E-state index in [2.05, 4.69) is 55.0 Å². The molecule has 0 aliphatic heterocycles. The van der Waals surface area contributed by atoms with E-state index in [1.54, 1.807) is 11.3 Å². The van der Waals surface area contributed by atoms with Gasteiger partial charge in [0, 0.05) is 11.3 Å². The highest BCUT2D eigenvalue weighted by atomic mass is 79.9. The molecule has 4 aliphatic rings. The lowest BCUT2D eigenvalue weighted by Crippen LogP contribution is -2.64. The number of hydrogen-bond acceptors (Lipinski definition) is 5. The molecule has 1 heterocycles. The van der Waals surface area contributed by atoms with Gasteiger partial charge in [-0.1, -0.05) is 27.7 Å². The van der Waals surface area contributed by atoms with Crippen LogP contribution in [-0.2, 0) is 4.79 Å². The summed E-state index contributed by atoms with van der Waals surface area (Å²) < 4.78 is 1.09. The maximum absolute atomic E-state index is 13.2. The van der Waals surface area contributed by atoms with E-state index in [0.29, 0.717) is 30.6 Å². The molecule has 4 fully saturated rings. The molecule has 5 rings (SSSR count). The molecule has 5 nitrogen and oxygen atoms in total. The summed E-state index contributed by atoms with van der Waals surface area (Å²) in [4.78, 5) is 14.3. The van der Waals surface area contributed by atoms with Gasteiger partial charge >= 0.3 is 0 Å². The zero-order valence-electron chi connectivity index (χ0n) is 22.8. The smallest absolute Gasteiger partial charge is 0.220 e. The Morgan fingerprint density at radius 3 is 2.43 bits per heavy atom. The third kappa shape index (κ3) is 4.77. The Morgan fingerprint density at radius 1 is 1.05 bits per heavy atom. The van der Waals surface area contributed by atoms with Crippen molar-refractivity contribution in [3.8, 4) is 0 Å². The number of carbonyl (C=O) groups excluding carboxylic acids is 1. The standard InChI is InChI=1S/C30H46BrNO4S/c1-5-22(23-8-9-24(31)37-23)32-25(34)14-16(2)18-6-7-19-26-20(11-13-29(18,19)3)30(4)12-10-17(33)15-21(30)27(35)28(26)36/h8-9,16-22,26-28,33,35-36H,5-7,10-15H2,1-4H3,(H,32,34)/t16-,17-,18?,19+,20+,21+,22?,26+,27-,28+,29-,30-/m1/s1. The molecule has 208 valence electrons. The predicted molar refractivity (Wildman–Crippen MR) is 151 cm³/mol. The SMILES string of the molecule is CCC(NC(=O)C[C@@H](C)C1CC[C@H]2[C@@H]3[C@H](O)[C@H](O)[C@@H]4C[C@H](O)CC[C@]4(C)[C@H]3CC[C@]12C)c1ccc(Br)s1. The average Bonchev–Trinajstić information content (AvgIpc) is 3.44. The Morgan fingerprint density at radius 2 is 1.76 bits per heavy atom. The van der Waals surface area contributed by atoms with E-state index in [1.807, 2.05) is 6.07 Å². The van der Waals surface area contributed by atoms with Crippen LogP contribution in [0, 0.1) is 46.3 Å². The van der Waals surface area contributed by atoms with Crippen LogP contribution >= 0.6 is 27.3 Å². The van der Waals surface area contributed by atoms with Crippen molar-refractivity contribution in [1.82, 2.24) is 5.32 Å². The number of nitrogens with one attached hydrogen (secondary N) is 1. The summed E-state index contributed by atoms with van der Waals surface area (Å²) >= 11 is 5.22. The third-order valence-corrected chi connectivity index (χ3v) is 13.4. The summed E-state index contributed by atoms with van der Waals surface area (Å²) in [7, 11) is 0. The van der Waals surface area contributed by atoms with Gasteiger partial charge in [-0.2, -0.15) is 0 Å². The lowest BCUT2D eigenvalue weighted by atomic mass is 9.43. The summed E-state index contributed by atoms with van der Waals surface area (Å²) in [6.45, 7) is 9.11. The number of thiophene rings is 1. The number of carbonyl (C=O) groups is 1. The van der Waals surface area contributed by atoms with Gasteiger partial charge in [0.1, 0.15) is 0 Å². The first-order valence-corrected chi connectivity index (χ1v) is 16.2. The van der Waals surface area contributed by atoms with Crippen LogP contribution < -0.4 is 5.32 Å². The summed E-state index contributed by atoms with van der Waals surface area (Å²) in [6, 6.07) is 4.19. The number of hydrogen-bond donors (Lipinski definition) is 4. The van der Waals surface area contributed by atoms with E-state index in [4.69, 9.17) is 0 Å². The Balaban J connectivity index is 1.29. The van der Waals surface area contributed by atoms with E-state index >= 15 is 0 Å². The number of fused-ring (bicyclic) bond motifs is 5. The van der Waals surface area contributed by atoms with Crippen molar-refractivity contribution in [1.29, 1.82) is 0 Å². The molecule has 12 atom stereocenters. The Hall–Kier alpha value is -0.470. The van der Waals surface area contributed by atoms with E-state index in [1.165, 1.54) is 4.88 Å². The molecule has 2 unspecified atom stereocenters. The topological polar surface area (TPSA) is 89.8 Å². The number of aliphatic hydroxyl groups excluding tert-OH is 3. The summed E-state index contributed by atoms with van der Waals surface area (Å²) in [5, 5.41) is 36.4. The van der Waals surface area contributed by atoms with Crippen molar-refractivity contribution in [2.45, 2.75) is 110 Å². The van der Waals surface area contributed by atoms with Crippen LogP contribution in [-0.4, -0.2) is 39.5 Å². The largest absolute Gasteiger partial charge is 0.393 e. The van der Waals surface area contributed by atoms with Gasteiger partial charge in [0.25, 0.3) is 0 Å². The van der Waals surface area contributed by atoms with Gasteiger partial charge in [-0.3, -0.25) is 4.79 Å². The minimum Gasteiger partial charge on any atom is -0.393 e. The van der Waals surface area contributed by atoms with Gasteiger partial charge in [0.15, 0.2) is 0 Å². The molecule has 0 saturated heterocycles. The first-order valence-electron chi connectivity index (χ1n) is 14.6. The molecule has 4 N–H and O–H groups in total. The third-order valence-electron chi connectivity index (χ3n) is 11.7. The number of halogens is 1. The number of rotatable bonds is 6. The van der Waals surface area contributed by atoms with Gasteiger partial charge in [0.2, 0.25) is 5.91 Å². The number of aliphatic hydroxyl groups is 3. The summed E-state index contributed by atoms with van der Waals surface area (Å²) in [5.74, 6) is 1.72. The molecule has 1 amide bonds. The van der Waals surface area contributed by atoms with E-state index < -0.39 is 12.2 Å². The highest BCUT2D eigenvalue weighted by molar-refractivity contribution is 9.11. The fourth-order valence-electron chi connectivity index (χ4n) is 9.79. The second-order valence-corrected chi connectivity index (χ2v) is 15.9. The van der Waals surface area contributed by atoms with E-state index in [9.17, 15) is 20.1 Å². The van der Waals surface area contributed by atoms with Crippen molar-refractivity contribution in [3.63, 3.8) is 0 Å². The average molecular weight is 597 g/mol. The minimum absolute atomic E-state index is 0.0145. The summed E-state index contributed by atoms with van der Waals surface area (Å²) in [5.41, 5.74) is 0.0706. The predicted octanol–water partition coefficient (Wildman–Crippen LogP) is 6.07. The maximum Gasteiger partial charge on any atom is 0.220 e. The Kier molecular flexibility index (Phi) is 7.96. The van der Waals surface area contributed by atoms with Crippen LogP contribution in [0.5, 0.6) is 0 Å². The van der Waals surface area contributed by atoms with E-state index in [0.717, 1.165) is 48.7 Å². The quantitative estimate of drug-likeness (QED) is 0.321. The molecule has 1 aromatic heterocycles.